The Morgan fingerprint density at radius 2 is 1.55 bits per heavy atom. The molecule has 31 heavy (non-hydrogen) atoms. The highest BCUT2D eigenvalue weighted by atomic mass is 32.2. The van der Waals surface area contributed by atoms with E-state index in [1.807, 2.05) is 72.2 Å². The summed E-state index contributed by atoms with van der Waals surface area (Å²) in [4.78, 5) is 14.7. The van der Waals surface area contributed by atoms with Gasteiger partial charge in [-0.15, -0.1) is 10.2 Å². The predicted octanol–water partition coefficient (Wildman–Crippen LogP) is 5.22. The minimum absolute atomic E-state index is 0.0397. The number of rotatable bonds is 6. The van der Waals surface area contributed by atoms with Crippen molar-refractivity contribution in [3.8, 4) is 17.1 Å². The van der Waals surface area contributed by atoms with Gasteiger partial charge in [0.1, 0.15) is 5.82 Å². The van der Waals surface area contributed by atoms with E-state index in [4.69, 9.17) is 0 Å². The molecule has 0 fully saturated rings. The van der Waals surface area contributed by atoms with E-state index in [0.717, 1.165) is 16.9 Å². The molecule has 0 bridgehead atoms. The summed E-state index contributed by atoms with van der Waals surface area (Å²) in [7, 11) is 1.76. The Balaban J connectivity index is 1.67. The van der Waals surface area contributed by atoms with Crippen LogP contribution in [0.5, 0.6) is 0 Å². The number of thioether (sulfide) groups is 1. The second-order valence-corrected chi connectivity index (χ2v) is 8.28. The van der Waals surface area contributed by atoms with Crippen molar-refractivity contribution in [2.24, 2.45) is 0 Å². The first-order chi connectivity index (χ1) is 15.0. The molecule has 5 nitrogen and oxygen atoms in total. The van der Waals surface area contributed by atoms with Gasteiger partial charge in [0.25, 0.3) is 0 Å². The van der Waals surface area contributed by atoms with E-state index in [-0.39, 0.29) is 11.7 Å². The number of carbonyl (C=O) groups excluding carboxylic acids is 1. The summed E-state index contributed by atoms with van der Waals surface area (Å²) in [6, 6.07) is 25.3. The molecule has 156 valence electrons. The zero-order chi connectivity index (χ0) is 21.8. The number of amides is 1. The van der Waals surface area contributed by atoms with Crippen LogP contribution in [0.2, 0.25) is 0 Å². The van der Waals surface area contributed by atoms with Gasteiger partial charge in [0.15, 0.2) is 11.0 Å². The molecule has 0 aliphatic rings. The lowest BCUT2D eigenvalue weighted by molar-refractivity contribution is -0.117. The van der Waals surface area contributed by atoms with Gasteiger partial charge in [-0.25, -0.2) is 4.39 Å². The van der Waals surface area contributed by atoms with Gasteiger partial charge in [-0.1, -0.05) is 48.2 Å². The summed E-state index contributed by atoms with van der Waals surface area (Å²) >= 11 is 1.34. The Morgan fingerprint density at radius 3 is 2.19 bits per heavy atom. The number of carbonyl (C=O) groups is 1. The molecule has 0 spiro atoms. The van der Waals surface area contributed by atoms with E-state index in [9.17, 15) is 9.18 Å². The molecule has 1 atom stereocenters. The van der Waals surface area contributed by atoms with Gasteiger partial charge in [0.05, 0.1) is 5.25 Å². The van der Waals surface area contributed by atoms with Crippen LogP contribution in [0, 0.1) is 5.82 Å². The lowest BCUT2D eigenvalue weighted by Gasteiger charge is -2.21. The van der Waals surface area contributed by atoms with Crippen LogP contribution in [0.4, 0.5) is 10.1 Å². The number of benzene rings is 3. The van der Waals surface area contributed by atoms with Gasteiger partial charge in [0.2, 0.25) is 5.91 Å². The summed E-state index contributed by atoms with van der Waals surface area (Å²) < 4.78 is 15.3. The van der Waals surface area contributed by atoms with Crippen LogP contribution in [0.15, 0.2) is 90.1 Å². The van der Waals surface area contributed by atoms with Crippen molar-refractivity contribution in [3.63, 3.8) is 0 Å². The summed E-state index contributed by atoms with van der Waals surface area (Å²) in [6.45, 7) is 1.86. The van der Waals surface area contributed by atoms with E-state index in [1.165, 1.54) is 23.9 Å². The van der Waals surface area contributed by atoms with Crippen LogP contribution in [0.1, 0.15) is 6.92 Å². The first kappa shape index (κ1) is 20.8. The van der Waals surface area contributed by atoms with Crippen LogP contribution < -0.4 is 4.90 Å². The maximum absolute atomic E-state index is 13.4. The second kappa shape index (κ2) is 9.14. The van der Waals surface area contributed by atoms with Crippen molar-refractivity contribution in [1.82, 2.24) is 14.8 Å². The number of halogens is 1. The zero-order valence-electron chi connectivity index (χ0n) is 17.1. The average Bonchev–Trinajstić information content (AvgIpc) is 3.23. The van der Waals surface area contributed by atoms with Gasteiger partial charge >= 0.3 is 0 Å². The third-order valence-corrected chi connectivity index (χ3v) is 5.88. The molecule has 0 aliphatic heterocycles. The van der Waals surface area contributed by atoms with Gasteiger partial charge in [-0.05, 0) is 55.5 Å². The van der Waals surface area contributed by atoms with Crippen LogP contribution in [0.3, 0.4) is 0 Å². The first-order valence-corrected chi connectivity index (χ1v) is 10.7. The van der Waals surface area contributed by atoms with Crippen LogP contribution in [0.25, 0.3) is 17.1 Å². The molecule has 0 radical (unpaired) electrons. The fourth-order valence-electron chi connectivity index (χ4n) is 3.20. The fraction of sp³-hybridized carbons (Fsp3) is 0.125. The standard InChI is InChI=1S/C24H21FN4OS/c1-17(23(30)28(2)20-9-5-3-6-10-20)31-24-27-26-22(18-13-15-19(25)16-14-18)29(24)21-11-7-4-8-12-21/h3-17H,1-2H3/t17-/m0/s1. The molecule has 1 amide bonds. The Morgan fingerprint density at radius 1 is 0.935 bits per heavy atom. The summed E-state index contributed by atoms with van der Waals surface area (Å²) in [5, 5.41) is 8.91. The largest absolute Gasteiger partial charge is 0.315 e. The van der Waals surface area contributed by atoms with Gasteiger partial charge in [-0.2, -0.15) is 0 Å². The normalized spacial score (nSPS) is 11.8. The van der Waals surface area contributed by atoms with E-state index in [2.05, 4.69) is 10.2 Å². The molecule has 4 rings (SSSR count). The minimum Gasteiger partial charge on any atom is -0.315 e. The van der Waals surface area contributed by atoms with E-state index < -0.39 is 5.25 Å². The molecule has 0 unspecified atom stereocenters. The Hall–Kier alpha value is -3.45. The van der Waals surface area contributed by atoms with E-state index in [1.54, 1.807) is 24.1 Å². The number of nitrogens with zero attached hydrogens (tertiary/aromatic N) is 4. The Bertz CT molecular complexity index is 1160. The third-order valence-electron chi connectivity index (χ3n) is 4.85. The van der Waals surface area contributed by atoms with E-state index in [0.29, 0.717) is 11.0 Å². The average molecular weight is 433 g/mol. The maximum Gasteiger partial charge on any atom is 0.240 e. The van der Waals surface area contributed by atoms with Crippen molar-refractivity contribution in [3.05, 3.63) is 90.7 Å². The number of anilines is 1. The fourth-order valence-corrected chi connectivity index (χ4v) is 4.16. The number of hydrogen-bond acceptors (Lipinski definition) is 4. The summed E-state index contributed by atoms with van der Waals surface area (Å²) in [6.07, 6.45) is 0. The predicted molar refractivity (Wildman–Crippen MR) is 122 cm³/mol. The highest BCUT2D eigenvalue weighted by Crippen LogP contribution is 2.31. The van der Waals surface area contributed by atoms with Crippen LogP contribution in [-0.4, -0.2) is 33.0 Å². The highest BCUT2D eigenvalue weighted by Gasteiger charge is 2.24. The SMILES string of the molecule is C[C@H](Sc1nnc(-c2ccc(F)cc2)n1-c1ccccc1)C(=O)N(C)c1ccccc1. The maximum atomic E-state index is 13.4. The molecule has 7 heteroatoms. The smallest absolute Gasteiger partial charge is 0.240 e. The molecule has 1 heterocycles. The first-order valence-electron chi connectivity index (χ1n) is 9.80. The summed E-state index contributed by atoms with van der Waals surface area (Å²) in [5.74, 6) is 0.235. The Kier molecular flexibility index (Phi) is 6.13. The molecule has 0 N–H and O–H groups in total. The van der Waals surface area contributed by atoms with E-state index >= 15 is 0 Å². The van der Waals surface area contributed by atoms with Crippen LogP contribution >= 0.6 is 11.8 Å². The Labute approximate surface area is 184 Å². The number of aromatic nitrogens is 3. The highest BCUT2D eigenvalue weighted by molar-refractivity contribution is 8.00. The summed E-state index contributed by atoms with van der Waals surface area (Å²) in [5.41, 5.74) is 2.44. The molecule has 0 saturated carbocycles. The molecule has 3 aromatic carbocycles. The number of para-hydroxylation sites is 2. The molecule has 1 aromatic heterocycles. The van der Waals surface area contributed by atoms with Crippen LogP contribution in [-0.2, 0) is 4.79 Å². The topological polar surface area (TPSA) is 51.0 Å². The van der Waals surface area contributed by atoms with Crippen molar-refractivity contribution in [1.29, 1.82) is 0 Å². The third kappa shape index (κ3) is 4.51. The minimum atomic E-state index is -0.391. The lowest BCUT2D eigenvalue weighted by atomic mass is 10.2. The molecular formula is C24H21FN4OS. The molecular weight excluding hydrogens is 411 g/mol. The van der Waals surface area contributed by atoms with Gasteiger partial charge in [0, 0.05) is 24.0 Å². The number of hydrogen-bond donors (Lipinski definition) is 0. The quantitative estimate of drug-likeness (QED) is 0.392. The molecule has 0 saturated heterocycles. The van der Waals surface area contributed by atoms with Crippen molar-refractivity contribution < 1.29 is 9.18 Å². The van der Waals surface area contributed by atoms with Crippen molar-refractivity contribution in [2.45, 2.75) is 17.3 Å². The monoisotopic (exact) mass is 432 g/mol. The van der Waals surface area contributed by atoms with Gasteiger partial charge < -0.3 is 4.90 Å². The molecule has 0 aliphatic carbocycles. The van der Waals surface area contributed by atoms with Crippen molar-refractivity contribution in [2.75, 3.05) is 11.9 Å². The second-order valence-electron chi connectivity index (χ2n) is 6.98. The molecule has 4 aromatic rings. The van der Waals surface area contributed by atoms with Crippen molar-refractivity contribution >= 4 is 23.4 Å². The zero-order valence-corrected chi connectivity index (χ0v) is 18.0. The lowest BCUT2D eigenvalue weighted by Crippen LogP contribution is -2.33. The van der Waals surface area contributed by atoms with Gasteiger partial charge in [-0.3, -0.25) is 9.36 Å².